The normalized spacial score (nSPS) is 16.8. The highest BCUT2D eigenvalue weighted by Crippen LogP contribution is 2.09. The topological polar surface area (TPSA) is 66.5 Å². The molecule has 10 heavy (non-hydrogen) atoms. The zero-order valence-corrected chi connectivity index (χ0v) is 6.97. The Kier molecular flexibility index (Phi) is 6.11. The molecule has 0 aromatic heterocycles. The molecule has 0 bridgehead atoms. The van der Waals surface area contributed by atoms with Gasteiger partial charge in [-0.25, -0.2) is 0 Å². The van der Waals surface area contributed by atoms with Gasteiger partial charge in [0, 0.05) is 17.5 Å². The summed E-state index contributed by atoms with van der Waals surface area (Å²) in [5.41, 5.74) is 5.17. The van der Waals surface area contributed by atoms with E-state index in [1.807, 2.05) is 6.92 Å². The average Bonchev–Trinajstić information content (AvgIpc) is 1.99. The lowest BCUT2D eigenvalue weighted by Crippen LogP contribution is -2.23. The zero-order valence-electron chi connectivity index (χ0n) is 6.16. The van der Waals surface area contributed by atoms with Crippen molar-refractivity contribution < 1.29 is 10.2 Å². The predicted molar refractivity (Wildman–Crippen MR) is 44.1 cm³/mol. The summed E-state index contributed by atoms with van der Waals surface area (Å²) >= 11 is 1.53. The molecule has 0 fully saturated rings. The molecule has 4 N–H and O–H groups in total. The highest BCUT2D eigenvalue weighted by Gasteiger charge is 2.04. The molecule has 0 saturated carbocycles. The third-order valence-corrected chi connectivity index (χ3v) is 2.40. The molecule has 0 amide bonds. The van der Waals surface area contributed by atoms with Gasteiger partial charge in [-0.1, -0.05) is 6.92 Å². The highest BCUT2D eigenvalue weighted by molar-refractivity contribution is 7.99. The van der Waals surface area contributed by atoms with E-state index in [9.17, 15) is 0 Å². The van der Waals surface area contributed by atoms with E-state index < -0.39 is 6.10 Å². The van der Waals surface area contributed by atoms with Gasteiger partial charge in [0.1, 0.15) is 0 Å². The first kappa shape index (κ1) is 10.2. The van der Waals surface area contributed by atoms with Crippen LogP contribution in [0.5, 0.6) is 0 Å². The van der Waals surface area contributed by atoms with Gasteiger partial charge in [0.15, 0.2) is 0 Å². The lowest BCUT2D eigenvalue weighted by molar-refractivity contribution is 0.207. The van der Waals surface area contributed by atoms with E-state index in [1.165, 1.54) is 11.8 Å². The van der Waals surface area contributed by atoms with Crippen molar-refractivity contribution in [2.24, 2.45) is 5.73 Å². The zero-order chi connectivity index (χ0) is 7.98. The molecule has 0 aliphatic heterocycles. The predicted octanol–water partition coefficient (Wildman–Crippen LogP) is -0.580. The maximum absolute atomic E-state index is 8.97. The van der Waals surface area contributed by atoms with E-state index in [-0.39, 0.29) is 11.9 Å². The Balaban J connectivity index is 3.17. The maximum atomic E-state index is 8.97. The van der Waals surface area contributed by atoms with Crippen LogP contribution < -0.4 is 5.73 Å². The third kappa shape index (κ3) is 5.05. The minimum Gasteiger partial charge on any atom is -0.395 e. The van der Waals surface area contributed by atoms with E-state index in [0.717, 1.165) is 0 Å². The van der Waals surface area contributed by atoms with Crippen LogP contribution >= 0.6 is 11.8 Å². The Hall–Kier alpha value is 0.230. The second-order valence-electron chi connectivity index (χ2n) is 2.22. The van der Waals surface area contributed by atoms with Gasteiger partial charge in [-0.05, 0) is 0 Å². The molecular formula is C6H15NO2S. The molecule has 2 unspecified atom stereocenters. The van der Waals surface area contributed by atoms with Gasteiger partial charge >= 0.3 is 0 Å². The van der Waals surface area contributed by atoms with Crippen molar-refractivity contribution in [3.05, 3.63) is 0 Å². The fourth-order valence-corrected chi connectivity index (χ4v) is 1.19. The van der Waals surface area contributed by atoms with Crippen LogP contribution in [0.15, 0.2) is 0 Å². The van der Waals surface area contributed by atoms with Gasteiger partial charge in [-0.3, -0.25) is 0 Å². The summed E-state index contributed by atoms with van der Waals surface area (Å²) in [6, 6.07) is 0. The molecule has 4 heteroatoms. The number of thioether (sulfide) groups is 1. The minimum atomic E-state index is -0.431. The first-order valence-electron chi connectivity index (χ1n) is 3.31. The largest absolute Gasteiger partial charge is 0.395 e. The molecule has 0 spiro atoms. The average molecular weight is 165 g/mol. The van der Waals surface area contributed by atoms with E-state index in [1.54, 1.807) is 0 Å². The second-order valence-corrected chi connectivity index (χ2v) is 3.69. The summed E-state index contributed by atoms with van der Waals surface area (Å²) in [6.45, 7) is 2.36. The van der Waals surface area contributed by atoms with Crippen molar-refractivity contribution in [1.29, 1.82) is 0 Å². The van der Waals surface area contributed by atoms with Crippen molar-refractivity contribution in [2.75, 3.05) is 18.9 Å². The SMILES string of the molecule is CC(CO)SCC(O)CN. The van der Waals surface area contributed by atoms with Crippen molar-refractivity contribution in [1.82, 2.24) is 0 Å². The molecule has 3 nitrogen and oxygen atoms in total. The quantitative estimate of drug-likeness (QED) is 0.510. The lowest BCUT2D eigenvalue weighted by Gasteiger charge is -2.10. The Morgan fingerprint density at radius 3 is 2.60 bits per heavy atom. The van der Waals surface area contributed by atoms with E-state index in [2.05, 4.69) is 0 Å². The number of aliphatic hydroxyl groups excluding tert-OH is 2. The van der Waals surface area contributed by atoms with Crippen LogP contribution in [0.4, 0.5) is 0 Å². The highest BCUT2D eigenvalue weighted by atomic mass is 32.2. The van der Waals surface area contributed by atoms with Gasteiger partial charge in [-0.15, -0.1) is 0 Å². The molecule has 0 aliphatic carbocycles. The Morgan fingerprint density at radius 1 is 1.60 bits per heavy atom. The third-order valence-electron chi connectivity index (χ3n) is 1.10. The van der Waals surface area contributed by atoms with Gasteiger partial charge < -0.3 is 15.9 Å². The number of hydrogen-bond acceptors (Lipinski definition) is 4. The molecule has 0 aliphatic rings. The van der Waals surface area contributed by atoms with Crippen molar-refractivity contribution in [3.8, 4) is 0 Å². The Labute approximate surface area is 65.6 Å². The molecule has 0 rings (SSSR count). The summed E-state index contributed by atoms with van der Waals surface area (Å²) in [6.07, 6.45) is -0.431. The van der Waals surface area contributed by atoms with Gasteiger partial charge in [0.2, 0.25) is 0 Å². The number of hydrogen-bond donors (Lipinski definition) is 3. The van der Waals surface area contributed by atoms with Crippen LogP contribution in [0.1, 0.15) is 6.92 Å². The summed E-state index contributed by atoms with van der Waals surface area (Å²) in [5.74, 6) is 0.609. The van der Waals surface area contributed by atoms with Crippen LogP contribution in [0.2, 0.25) is 0 Å². The molecular weight excluding hydrogens is 150 g/mol. The first-order chi connectivity index (χ1) is 4.70. The number of nitrogens with two attached hydrogens (primary N) is 1. The summed E-state index contributed by atoms with van der Waals surface area (Å²) in [7, 11) is 0. The molecule has 0 aromatic rings. The van der Waals surface area contributed by atoms with Crippen LogP contribution in [-0.2, 0) is 0 Å². The van der Waals surface area contributed by atoms with Crippen LogP contribution in [0, 0.1) is 0 Å². The van der Waals surface area contributed by atoms with Crippen LogP contribution in [0.3, 0.4) is 0 Å². The van der Waals surface area contributed by atoms with Crippen molar-refractivity contribution >= 4 is 11.8 Å². The fraction of sp³-hybridized carbons (Fsp3) is 1.00. The molecule has 0 radical (unpaired) electrons. The Bertz CT molecular complexity index is 72.1. The molecule has 62 valence electrons. The van der Waals surface area contributed by atoms with Gasteiger partial charge in [-0.2, -0.15) is 11.8 Å². The van der Waals surface area contributed by atoms with Crippen molar-refractivity contribution in [2.45, 2.75) is 18.3 Å². The van der Waals surface area contributed by atoms with Crippen LogP contribution in [0.25, 0.3) is 0 Å². The van der Waals surface area contributed by atoms with E-state index in [4.69, 9.17) is 15.9 Å². The summed E-state index contributed by atoms with van der Waals surface area (Å²) < 4.78 is 0. The number of aliphatic hydroxyl groups is 2. The smallest absolute Gasteiger partial charge is 0.0752 e. The first-order valence-corrected chi connectivity index (χ1v) is 4.36. The minimum absolute atomic E-state index is 0.155. The summed E-state index contributed by atoms with van der Waals surface area (Å²) in [4.78, 5) is 0. The fourth-order valence-electron chi connectivity index (χ4n) is 0.396. The molecule has 0 aromatic carbocycles. The monoisotopic (exact) mass is 165 g/mol. The Morgan fingerprint density at radius 2 is 2.20 bits per heavy atom. The molecule has 0 saturated heterocycles. The maximum Gasteiger partial charge on any atom is 0.0752 e. The molecule has 2 atom stereocenters. The summed E-state index contributed by atoms with van der Waals surface area (Å²) in [5, 5.41) is 17.8. The number of rotatable bonds is 5. The van der Waals surface area contributed by atoms with Crippen LogP contribution in [-0.4, -0.2) is 40.5 Å². The lowest BCUT2D eigenvalue weighted by atomic mass is 10.4. The van der Waals surface area contributed by atoms with Crippen molar-refractivity contribution in [3.63, 3.8) is 0 Å². The van der Waals surface area contributed by atoms with E-state index in [0.29, 0.717) is 12.3 Å². The van der Waals surface area contributed by atoms with E-state index >= 15 is 0 Å². The second kappa shape index (κ2) is 5.97. The van der Waals surface area contributed by atoms with Gasteiger partial charge in [0.25, 0.3) is 0 Å². The standard InChI is InChI=1S/C6H15NO2S/c1-5(3-8)10-4-6(9)2-7/h5-6,8-9H,2-4,7H2,1H3. The molecule has 0 heterocycles. The van der Waals surface area contributed by atoms with Gasteiger partial charge in [0.05, 0.1) is 12.7 Å².